The monoisotopic (exact) mass is 304 g/mol. The normalized spacial score (nSPS) is 11.0. The van der Waals surface area contributed by atoms with Crippen molar-refractivity contribution in [3.05, 3.63) is 29.1 Å². The van der Waals surface area contributed by atoms with E-state index in [4.69, 9.17) is 5.73 Å². The van der Waals surface area contributed by atoms with Crippen molar-refractivity contribution in [2.75, 3.05) is 19.6 Å². The summed E-state index contributed by atoms with van der Waals surface area (Å²) in [6, 6.07) is 0.461. The van der Waals surface area contributed by atoms with E-state index in [1.165, 1.54) is 4.90 Å². The fourth-order valence-corrected chi connectivity index (χ4v) is 1.92. The van der Waals surface area contributed by atoms with E-state index < -0.39 is 34.7 Å². The number of nitrogens with zero attached hydrogens (tertiary/aromatic N) is 1. The lowest BCUT2D eigenvalue weighted by atomic mass is 10.1. The van der Waals surface area contributed by atoms with Crippen LogP contribution in [0.2, 0.25) is 0 Å². The Morgan fingerprint density at radius 2 is 1.95 bits per heavy atom. The summed E-state index contributed by atoms with van der Waals surface area (Å²) in [7, 11) is 0. The van der Waals surface area contributed by atoms with Crippen LogP contribution in [0.1, 0.15) is 30.6 Å². The number of rotatable bonds is 6. The zero-order chi connectivity index (χ0) is 16.2. The molecule has 118 valence electrons. The highest BCUT2D eigenvalue weighted by Gasteiger charge is 2.26. The van der Waals surface area contributed by atoms with Crippen LogP contribution < -0.4 is 5.73 Å². The van der Waals surface area contributed by atoms with Crippen molar-refractivity contribution in [3.63, 3.8) is 0 Å². The van der Waals surface area contributed by atoms with Gasteiger partial charge in [0.15, 0.2) is 17.4 Å². The predicted molar refractivity (Wildman–Crippen MR) is 72.4 cm³/mol. The van der Waals surface area contributed by atoms with Gasteiger partial charge in [0.05, 0.1) is 5.56 Å². The van der Waals surface area contributed by atoms with Crippen LogP contribution in [0.4, 0.5) is 13.2 Å². The minimum Gasteiger partial charge on any atom is -0.503 e. The molecule has 1 aromatic carbocycles. The van der Waals surface area contributed by atoms with Gasteiger partial charge in [-0.25, -0.2) is 8.78 Å². The first kappa shape index (κ1) is 17.3. The van der Waals surface area contributed by atoms with Crippen molar-refractivity contribution in [1.29, 1.82) is 0 Å². The minimum absolute atomic E-state index is 0.105. The van der Waals surface area contributed by atoms with Crippen molar-refractivity contribution in [2.24, 2.45) is 11.7 Å². The van der Waals surface area contributed by atoms with Gasteiger partial charge in [-0.05, 0) is 24.9 Å². The summed E-state index contributed by atoms with van der Waals surface area (Å²) in [5.74, 6) is -6.82. The van der Waals surface area contributed by atoms with Gasteiger partial charge in [-0.15, -0.1) is 0 Å². The molecule has 0 saturated carbocycles. The molecular weight excluding hydrogens is 285 g/mol. The molecule has 1 aromatic rings. The van der Waals surface area contributed by atoms with E-state index in [-0.39, 0.29) is 12.5 Å². The van der Waals surface area contributed by atoms with Crippen LogP contribution in [-0.2, 0) is 0 Å². The van der Waals surface area contributed by atoms with Gasteiger partial charge in [-0.1, -0.05) is 13.8 Å². The molecule has 0 unspecified atom stereocenters. The first-order valence-corrected chi connectivity index (χ1v) is 6.65. The Labute approximate surface area is 121 Å². The van der Waals surface area contributed by atoms with Crippen molar-refractivity contribution in [3.8, 4) is 5.75 Å². The van der Waals surface area contributed by atoms with Gasteiger partial charge in [0.1, 0.15) is 0 Å². The fraction of sp³-hybridized carbons (Fsp3) is 0.500. The van der Waals surface area contributed by atoms with Gasteiger partial charge in [-0.2, -0.15) is 4.39 Å². The van der Waals surface area contributed by atoms with Gasteiger partial charge in [0.25, 0.3) is 5.91 Å². The molecule has 0 aliphatic rings. The quantitative estimate of drug-likeness (QED) is 0.792. The molecule has 0 bridgehead atoms. The molecule has 4 nitrogen and oxygen atoms in total. The highest BCUT2D eigenvalue weighted by Crippen LogP contribution is 2.26. The average molecular weight is 304 g/mol. The number of carbonyl (C=O) groups is 1. The van der Waals surface area contributed by atoms with Gasteiger partial charge in [0, 0.05) is 13.1 Å². The molecule has 0 aliphatic heterocycles. The van der Waals surface area contributed by atoms with Crippen molar-refractivity contribution < 1.29 is 23.1 Å². The molecule has 0 spiro atoms. The molecular formula is C14H19F3N2O2. The van der Waals surface area contributed by atoms with Gasteiger partial charge in [-0.3, -0.25) is 4.79 Å². The Morgan fingerprint density at radius 1 is 1.33 bits per heavy atom. The third kappa shape index (κ3) is 4.10. The van der Waals surface area contributed by atoms with Crippen molar-refractivity contribution in [2.45, 2.75) is 20.3 Å². The molecule has 0 fully saturated rings. The Balaban J connectivity index is 3.14. The fourth-order valence-electron chi connectivity index (χ4n) is 1.92. The lowest BCUT2D eigenvalue weighted by Gasteiger charge is -2.25. The number of carbonyl (C=O) groups excluding carboxylic acids is 1. The zero-order valence-electron chi connectivity index (χ0n) is 12.0. The van der Waals surface area contributed by atoms with Crippen molar-refractivity contribution >= 4 is 5.91 Å². The number of hydrogen-bond acceptors (Lipinski definition) is 3. The first-order valence-electron chi connectivity index (χ1n) is 6.65. The molecule has 3 N–H and O–H groups in total. The Hall–Kier alpha value is -1.76. The van der Waals surface area contributed by atoms with E-state index in [0.29, 0.717) is 25.6 Å². The third-order valence-corrected chi connectivity index (χ3v) is 2.87. The third-order valence-electron chi connectivity index (χ3n) is 2.87. The second kappa shape index (κ2) is 7.31. The largest absolute Gasteiger partial charge is 0.503 e. The molecule has 0 heterocycles. The van der Waals surface area contributed by atoms with E-state index in [0.717, 1.165) is 0 Å². The number of hydrogen-bond donors (Lipinski definition) is 2. The molecule has 0 aliphatic carbocycles. The van der Waals surface area contributed by atoms with E-state index in [1.54, 1.807) is 0 Å². The smallest absolute Gasteiger partial charge is 0.257 e. The van der Waals surface area contributed by atoms with Crippen LogP contribution in [-0.4, -0.2) is 35.5 Å². The van der Waals surface area contributed by atoms with Crippen LogP contribution in [0.5, 0.6) is 5.75 Å². The number of amides is 1. The highest BCUT2D eigenvalue weighted by molar-refractivity contribution is 5.95. The number of aromatic hydroxyl groups is 1. The van der Waals surface area contributed by atoms with Crippen LogP contribution in [0.15, 0.2) is 6.07 Å². The number of halogens is 3. The van der Waals surface area contributed by atoms with Crippen LogP contribution in [0.3, 0.4) is 0 Å². The van der Waals surface area contributed by atoms with Crippen LogP contribution in [0, 0.1) is 23.4 Å². The first-order chi connectivity index (χ1) is 9.79. The molecule has 21 heavy (non-hydrogen) atoms. The van der Waals surface area contributed by atoms with Crippen LogP contribution in [0.25, 0.3) is 0 Å². The summed E-state index contributed by atoms with van der Waals surface area (Å²) < 4.78 is 40.1. The van der Waals surface area contributed by atoms with E-state index in [9.17, 15) is 23.1 Å². The van der Waals surface area contributed by atoms with Gasteiger partial charge in [0.2, 0.25) is 5.82 Å². The van der Waals surface area contributed by atoms with Crippen LogP contribution >= 0.6 is 0 Å². The summed E-state index contributed by atoms with van der Waals surface area (Å²) >= 11 is 0. The minimum atomic E-state index is -1.71. The Kier molecular flexibility index (Phi) is 6.02. The molecule has 0 saturated heterocycles. The maximum absolute atomic E-state index is 13.8. The summed E-state index contributed by atoms with van der Waals surface area (Å²) in [4.78, 5) is 13.6. The predicted octanol–water partition coefficient (Wildman–Crippen LogP) is 2.26. The second-order valence-electron chi connectivity index (χ2n) is 5.17. The molecule has 1 amide bonds. The maximum atomic E-state index is 13.8. The molecule has 1 rings (SSSR count). The number of phenols is 1. The lowest BCUT2D eigenvalue weighted by molar-refractivity contribution is 0.0728. The van der Waals surface area contributed by atoms with E-state index in [2.05, 4.69) is 0 Å². The van der Waals surface area contributed by atoms with Gasteiger partial charge >= 0.3 is 0 Å². The summed E-state index contributed by atoms with van der Waals surface area (Å²) in [6.45, 7) is 4.65. The van der Waals surface area contributed by atoms with Crippen molar-refractivity contribution in [1.82, 2.24) is 4.90 Å². The molecule has 0 radical (unpaired) electrons. The summed E-state index contributed by atoms with van der Waals surface area (Å²) in [5.41, 5.74) is 4.69. The van der Waals surface area contributed by atoms with Gasteiger partial charge < -0.3 is 15.7 Å². The summed E-state index contributed by atoms with van der Waals surface area (Å²) in [5, 5.41) is 9.18. The van der Waals surface area contributed by atoms with E-state index >= 15 is 0 Å². The second-order valence-corrected chi connectivity index (χ2v) is 5.17. The maximum Gasteiger partial charge on any atom is 0.257 e. The SMILES string of the molecule is CC(C)CN(CCCN)C(=O)c1cc(F)c(F)c(O)c1F. The molecule has 7 heteroatoms. The Bertz CT molecular complexity index is 521. The lowest BCUT2D eigenvalue weighted by Crippen LogP contribution is -2.36. The number of nitrogens with two attached hydrogens (primary N) is 1. The highest BCUT2D eigenvalue weighted by atomic mass is 19.2. The Morgan fingerprint density at radius 3 is 2.48 bits per heavy atom. The molecule has 0 atom stereocenters. The standard InChI is InChI=1S/C14H19F3N2O2/c1-8(2)7-19(5-3-4-18)14(21)9-6-10(15)12(17)13(20)11(9)16/h6,8,20H,3-5,7,18H2,1-2H3. The number of benzene rings is 1. The van der Waals surface area contributed by atoms with E-state index in [1.807, 2.05) is 13.8 Å². The topological polar surface area (TPSA) is 66.6 Å². The number of phenolic OH excluding ortho intramolecular Hbond substituents is 1. The molecule has 0 aromatic heterocycles. The zero-order valence-corrected chi connectivity index (χ0v) is 12.0. The average Bonchev–Trinajstić information content (AvgIpc) is 2.44. The summed E-state index contributed by atoms with van der Waals surface area (Å²) in [6.07, 6.45) is 0.496.